The van der Waals surface area contributed by atoms with E-state index >= 15 is 0 Å². The van der Waals surface area contributed by atoms with Crippen LogP contribution in [0.5, 0.6) is 0 Å². The highest BCUT2D eigenvalue weighted by Gasteiger charge is 1.95. The molecule has 18 heavy (non-hydrogen) atoms. The van der Waals surface area contributed by atoms with Crippen molar-refractivity contribution in [1.29, 1.82) is 4.78 Å². The highest BCUT2D eigenvalue weighted by Crippen LogP contribution is 2.06. The molecule has 0 radical (unpaired) electrons. The van der Waals surface area contributed by atoms with Crippen molar-refractivity contribution in [1.82, 2.24) is 5.32 Å². The van der Waals surface area contributed by atoms with Crippen molar-refractivity contribution < 1.29 is 4.21 Å². The molecular formula is C12H19N4OS-. The fraction of sp³-hybridized carbons (Fsp3) is 0.417. The zero-order chi connectivity index (χ0) is 13.4. The fourth-order valence-electron chi connectivity index (χ4n) is 1.45. The maximum atomic E-state index is 10.6. The number of aliphatic imine (C=N–C) groups is 1. The molecule has 0 atom stereocenters. The maximum Gasteiger partial charge on any atom is 0.0909 e. The van der Waals surface area contributed by atoms with E-state index in [0.717, 1.165) is 11.1 Å². The molecule has 0 aliphatic rings. The summed E-state index contributed by atoms with van der Waals surface area (Å²) in [5.74, 6) is 0.938. The molecule has 6 heteroatoms. The molecule has 0 aromatic heterocycles. The molecule has 0 unspecified atom stereocenters. The minimum atomic E-state index is -1.48. The minimum absolute atomic E-state index is 0.357. The van der Waals surface area contributed by atoms with Crippen LogP contribution in [-0.4, -0.2) is 18.1 Å². The normalized spacial score (nSPS) is 12.0. The number of nitrogens with zero attached hydrogens (tertiary/aromatic N) is 1. The Morgan fingerprint density at radius 3 is 2.89 bits per heavy atom. The number of amidine groups is 1. The quantitative estimate of drug-likeness (QED) is 0.302. The van der Waals surface area contributed by atoms with E-state index in [2.05, 4.69) is 16.4 Å². The Morgan fingerprint density at radius 1 is 1.50 bits per heavy atom. The molecule has 0 heterocycles. The van der Waals surface area contributed by atoms with E-state index in [9.17, 15) is 4.21 Å². The highest BCUT2D eigenvalue weighted by molar-refractivity contribution is 7.73. The lowest BCUT2D eigenvalue weighted by Crippen LogP contribution is -2.18. The topological polar surface area (TPSA) is 91.3 Å². The molecule has 0 saturated carbocycles. The van der Waals surface area contributed by atoms with Gasteiger partial charge in [0, 0.05) is 6.54 Å². The van der Waals surface area contributed by atoms with Gasteiger partial charge in [0.05, 0.1) is 12.4 Å². The molecule has 0 saturated heterocycles. The average Bonchev–Trinajstić information content (AvgIpc) is 2.32. The third-order valence-electron chi connectivity index (χ3n) is 2.30. The van der Waals surface area contributed by atoms with Gasteiger partial charge in [0.2, 0.25) is 0 Å². The van der Waals surface area contributed by atoms with E-state index in [1.165, 1.54) is 0 Å². The second-order valence-electron chi connectivity index (χ2n) is 4.00. The zero-order valence-electron chi connectivity index (χ0n) is 10.5. The van der Waals surface area contributed by atoms with E-state index < -0.39 is 10.6 Å². The smallest absolute Gasteiger partial charge is 0.0909 e. The first kappa shape index (κ1) is 14.7. The Morgan fingerprint density at radius 2 is 2.22 bits per heavy atom. The van der Waals surface area contributed by atoms with E-state index in [-0.39, 0.29) is 0 Å². The Labute approximate surface area is 110 Å². The Bertz CT molecular complexity index is 471. The summed E-state index contributed by atoms with van der Waals surface area (Å²) in [5, 5.41) is 3.15. The van der Waals surface area contributed by atoms with E-state index in [0.29, 0.717) is 31.2 Å². The largest absolute Gasteiger partial charge is 0.445 e. The first-order valence-corrected chi connectivity index (χ1v) is 7.04. The van der Waals surface area contributed by atoms with E-state index in [4.69, 9.17) is 10.5 Å². The van der Waals surface area contributed by atoms with Gasteiger partial charge in [-0.3, -0.25) is 4.99 Å². The van der Waals surface area contributed by atoms with Crippen LogP contribution >= 0.6 is 0 Å². The molecule has 0 fully saturated rings. The third-order valence-corrected chi connectivity index (χ3v) is 2.87. The summed E-state index contributed by atoms with van der Waals surface area (Å²) in [7, 11) is -1.48. The molecule has 1 aromatic rings. The minimum Gasteiger partial charge on any atom is -0.445 e. The van der Waals surface area contributed by atoms with Crippen molar-refractivity contribution >= 4 is 16.4 Å². The number of rotatable bonds is 7. The van der Waals surface area contributed by atoms with Crippen LogP contribution in [0.1, 0.15) is 18.1 Å². The molecule has 5 nitrogen and oxygen atoms in total. The van der Waals surface area contributed by atoms with Crippen LogP contribution in [0.2, 0.25) is 0 Å². The summed E-state index contributed by atoms with van der Waals surface area (Å²) < 4.78 is 17.5. The summed E-state index contributed by atoms with van der Waals surface area (Å²) in [5.41, 5.74) is 7.76. The molecule has 4 N–H and O–H groups in total. The lowest BCUT2D eigenvalue weighted by Gasteiger charge is -2.07. The average molecular weight is 267 g/mol. The Hall–Kier alpha value is -1.40. The predicted molar refractivity (Wildman–Crippen MR) is 74.8 cm³/mol. The molecule has 1 aromatic carbocycles. The highest BCUT2D eigenvalue weighted by atomic mass is 32.2. The fourth-order valence-corrected chi connectivity index (χ4v) is 1.78. The van der Waals surface area contributed by atoms with Crippen LogP contribution in [0, 0.1) is 4.78 Å². The van der Waals surface area contributed by atoms with Gasteiger partial charge in [0.25, 0.3) is 0 Å². The number of benzene rings is 1. The Kier molecular flexibility index (Phi) is 6.38. The van der Waals surface area contributed by atoms with Gasteiger partial charge in [0.1, 0.15) is 0 Å². The molecule has 0 bridgehead atoms. The number of nitrogens with one attached hydrogen (secondary N) is 2. The molecule has 0 aliphatic heterocycles. The lowest BCUT2D eigenvalue weighted by molar-refractivity contribution is 0.596. The van der Waals surface area contributed by atoms with Gasteiger partial charge in [-0.2, -0.15) is 10.6 Å². The summed E-state index contributed by atoms with van der Waals surface area (Å²) in [6, 6.07) is 8.08. The second kappa shape index (κ2) is 7.84. The Balaban J connectivity index is 2.46. The van der Waals surface area contributed by atoms with Crippen LogP contribution in [0.3, 0.4) is 0 Å². The van der Waals surface area contributed by atoms with Gasteiger partial charge >= 0.3 is 0 Å². The van der Waals surface area contributed by atoms with Gasteiger partial charge in [-0.25, -0.2) is 0 Å². The van der Waals surface area contributed by atoms with Crippen LogP contribution in [0.25, 0.3) is 0 Å². The van der Waals surface area contributed by atoms with Crippen molar-refractivity contribution in [2.24, 2.45) is 10.7 Å². The van der Waals surface area contributed by atoms with Gasteiger partial charge in [-0.05, 0) is 24.6 Å². The van der Waals surface area contributed by atoms with Crippen molar-refractivity contribution in [3.8, 4) is 0 Å². The maximum absolute atomic E-state index is 10.6. The number of hydrogen-bond acceptors (Lipinski definition) is 5. The number of hydrogen-bond donors (Lipinski definition) is 3. The van der Waals surface area contributed by atoms with Crippen molar-refractivity contribution in [2.75, 3.05) is 12.3 Å². The summed E-state index contributed by atoms with van der Waals surface area (Å²) >= 11 is 0. The monoisotopic (exact) mass is 267 g/mol. The molecule has 0 spiro atoms. The molecule has 1 rings (SSSR count). The zero-order valence-corrected chi connectivity index (χ0v) is 11.3. The second-order valence-corrected chi connectivity index (χ2v) is 5.10. The summed E-state index contributed by atoms with van der Waals surface area (Å²) in [6.45, 7) is 3.65. The first-order chi connectivity index (χ1) is 8.58. The van der Waals surface area contributed by atoms with E-state index in [1.54, 1.807) is 6.92 Å². The summed E-state index contributed by atoms with van der Waals surface area (Å²) in [6.07, 6.45) is 0. The van der Waals surface area contributed by atoms with Crippen molar-refractivity contribution in [2.45, 2.75) is 20.0 Å². The van der Waals surface area contributed by atoms with Gasteiger partial charge in [-0.15, -0.1) is 0 Å². The predicted octanol–water partition coefficient (Wildman–Crippen LogP) is 1.38. The first-order valence-electron chi connectivity index (χ1n) is 5.72. The van der Waals surface area contributed by atoms with Crippen molar-refractivity contribution in [3.63, 3.8) is 0 Å². The molecule has 100 valence electrons. The third kappa shape index (κ3) is 6.36. The number of nitrogens with two attached hydrogens (primary N) is 1. The van der Waals surface area contributed by atoms with Gasteiger partial charge in [-0.1, -0.05) is 30.0 Å². The van der Waals surface area contributed by atoms with Gasteiger partial charge in [0.15, 0.2) is 0 Å². The molecule has 0 amide bonds. The standard InChI is InChI=1S/C12H19N4OS/c1-10(13)16-9-12-4-2-3-11(7-12)8-15-5-6-18(14)17/h2-4,7,14-15H,5-6,8-9H2,1H3,(H2,13,16)/q-1. The van der Waals surface area contributed by atoms with Crippen LogP contribution in [0.15, 0.2) is 29.3 Å². The van der Waals surface area contributed by atoms with Crippen molar-refractivity contribution in [3.05, 3.63) is 35.4 Å². The molecule has 0 aliphatic carbocycles. The molecular weight excluding hydrogens is 248 g/mol. The lowest BCUT2D eigenvalue weighted by atomic mass is 10.1. The van der Waals surface area contributed by atoms with E-state index in [1.807, 2.05) is 18.2 Å². The van der Waals surface area contributed by atoms with Gasteiger partial charge < -0.3 is 20.0 Å². The van der Waals surface area contributed by atoms with Crippen LogP contribution < -0.4 is 11.1 Å². The van der Waals surface area contributed by atoms with Crippen LogP contribution in [-0.2, 0) is 27.9 Å². The van der Waals surface area contributed by atoms with Crippen LogP contribution in [0.4, 0.5) is 0 Å². The summed E-state index contributed by atoms with van der Waals surface area (Å²) in [4.78, 5) is 4.16. The SMILES string of the molecule is CC(N)=NCc1cccc(CNCC[S-](=N)=O)c1.